The summed E-state index contributed by atoms with van der Waals surface area (Å²) in [6.07, 6.45) is 0. The van der Waals surface area contributed by atoms with Crippen LogP contribution in [0.25, 0.3) is 44.5 Å². The second kappa shape index (κ2) is 15.1. The minimum absolute atomic E-state index is 0.123. The number of rotatable bonds is 0. The molecule has 0 bridgehead atoms. The van der Waals surface area contributed by atoms with Gasteiger partial charge in [0, 0.05) is 44.8 Å². The molecule has 8 aliphatic rings. The van der Waals surface area contributed by atoms with Crippen molar-refractivity contribution in [3.05, 3.63) is 273 Å². The summed E-state index contributed by atoms with van der Waals surface area (Å²) in [5.74, 6) is 3.66. The van der Waals surface area contributed by atoms with Crippen LogP contribution in [0.5, 0.6) is 23.0 Å². The molecule has 0 amide bonds. The molecule has 0 saturated carbocycles. The summed E-state index contributed by atoms with van der Waals surface area (Å²) in [6.45, 7) is 8.57. The summed E-state index contributed by atoms with van der Waals surface area (Å²) in [5, 5.41) is 0. The van der Waals surface area contributed by atoms with Crippen LogP contribution >= 0.6 is 0 Å². The van der Waals surface area contributed by atoms with E-state index >= 15 is 0 Å². The Morgan fingerprint density at radius 3 is 1.01 bits per heavy atom. The van der Waals surface area contributed by atoms with Crippen LogP contribution in [0.2, 0.25) is 0 Å². The molecule has 0 radical (unpaired) electrons. The fourth-order valence-electron chi connectivity index (χ4n) is 15.6. The molecule has 0 N–H and O–H groups in total. The zero-order chi connectivity index (χ0) is 52.5. The van der Waals surface area contributed by atoms with Gasteiger partial charge in [-0.05, 0) is 194 Å². The van der Waals surface area contributed by atoms with Gasteiger partial charge < -0.3 is 19.3 Å². The molecular weight excluding hydrogens is 970 g/mol. The minimum Gasteiger partial charge on any atom is -0.458 e. The second-order valence-corrected chi connectivity index (χ2v) is 23.3. The number of ether oxygens (including phenoxy) is 2. The normalized spacial score (nSPS) is 14.8. The van der Waals surface area contributed by atoms with Crippen molar-refractivity contribution in [3.8, 4) is 45.3 Å². The third kappa shape index (κ3) is 5.34. The predicted molar refractivity (Wildman–Crippen MR) is 331 cm³/mol. The first-order valence-electron chi connectivity index (χ1n) is 28.1. The SMILES string of the molecule is Cc1ccc2c(c1)Oc1ccc3c4c1B2c1cc2c(cc1N4c1ccc(C)cc1C3=C1c3ccccc3-c3ccccc31)N1c3ccc(C)cc3C(=C3c4ccccc4-c4ccccc43)c3ccc4c(c31)B2c1ccc(C)cc1O4. The van der Waals surface area contributed by atoms with Crippen LogP contribution in [0.15, 0.2) is 206 Å². The number of nitrogens with zero attached hydrogens (tertiary/aromatic N) is 2. The van der Waals surface area contributed by atoms with Gasteiger partial charge in [-0.3, -0.25) is 0 Å². The Morgan fingerprint density at radius 1 is 0.263 bits per heavy atom. The van der Waals surface area contributed by atoms with Crippen molar-refractivity contribution in [2.45, 2.75) is 27.7 Å². The number of anilines is 6. The van der Waals surface area contributed by atoms with Crippen molar-refractivity contribution < 1.29 is 9.47 Å². The monoisotopic (exact) mass is 1020 g/mol. The largest absolute Gasteiger partial charge is 0.458 e. The Kier molecular flexibility index (Phi) is 8.15. The van der Waals surface area contributed by atoms with Crippen molar-refractivity contribution in [1.29, 1.82) is 0 Å². The lowest BCUT2D eigenvalue weighted by molar-refractivity contribution is 0.487. The molecule has 370 valence electrons. The van der Waals surface area contributed by atoms with E-state index < -0.39 is 0 Å². The molecule has 0 saturated heterocycles. The highest BCUT2D eigenvalue weighted by Crippen LogP contribution is 2.60. The lowest BCUT2D eigenvalue weighted by Gasteiger charge is -2.48. The number of benzene rings is 11. The van der Waals surface area contributed by atoms with E-state index in [0.717, 1.165) is 23.0 Å². The highest BCUT2D eigenvalue weighted by atomic mass is 16.5. The topological polar surface area (TPSA) is 24.9 Å². The maximum Gasteiger partial charge on any atom is 0.256 e. The summed E-state index contributed by atoms with van der Waals surface area (Å²) in [7, 11) is 0. The van der Waals surface area contributed by atoms with E-state index in [1.165, 1.54) is 178 Å². The molecule has 0 unspecified atom stereocenters. The third-order valence-electron chi connectivity index (χ3n) is 18.8. The van der Waals surface area contributed by atoms with Crippen molar-refractivity contribution in [2.75, 3.05) is 9.80 Å². The molecule has 0 atom stereocenters. The van der Waals surface area contributed by atoms with E-state index in [0.29, 0.717) is 0 Å². The zero-order valence-corrected chi connectivity index (χ0v) is 44.5. The van der Waals surface area contributed by atoms with E-state index in [9.17, 15) is 0 Å². The number of fused-ring (bicyclic) bond motifs is 20. The van der Waals surface area contributed by atoms with Crippen molar-refractivity contribution in [2.24, 2.45) is 0 Å². The second-order valence-electron chi connectivity index (χ2n) is 23.3. The molecule has 2 aliphatic carbocycles. The fraction of sp³-hybridized carbons (Fsp3) is 0.0541. The Bertz CT molecular complexity index is 4470. The van der Waals surface area contributed by atoms with E-state index in [1.54, 1.807) is 0 Å². The highest BCUT2D eigenvalue weighted by Gasteiger charge is 2.51. The first kappa shape index (κ1) is 43.2. The van der Waals surface area contributed by atoms with Gasteiger partial charge >= 0.3 is 0 Å². The van der Waals surface area contributed by atoms with E-state index in [1.807, 2.05) is 0 Å². The van der Waals surface area contributed by atoms with Crippen molar-refractivity contribution >= 4 is 103 Å². The van der Waals surface area contributed by atoms with E-state index in [2.05, 4.69) is 244 Å². The van der Waals surface area contributed by atoms with Crippen LogP contribution in [-0.4, -0.2) is 13.4 Å². The highest BCUT2D eigenvalue weighted by molar-refractivity contribution is 7.02. The molecule has 6 heteroatoms. The molecule has 19 rings (SSSR count). The maximum absolute atomic E-state index is 7.18. The molecule has 6 heterocycles. The van der Waals surface area contributed by atoms with Gasteiger partial charge in [-0.25, -0.2) is 0 Å². The predicted octanol–water partition coefficient (Wildman–Crippen LogP) is 14.3. The quantitative estimate of drug-likeness (QED) is 0.141. The number of aryl methyl sites for hydroxylation is 4. The van der Waals surface area contributed by atoms with Crippen LogP contribution < -0.4 is 52.1 Å². The van der Waals surface area contributed by atoms with Gasteiger partial charge in [0.1, 0.15) is 23.0 Å². The molecule has 0 aromatic heterocycles. The average molecular weight is 1020 g/mol. The van der Waals surface area contributed by atoms with Gasteiger partial charge in [-0.1, -0.05) is 151 Å². The van der Waals surface area contributed by atoms with Crippen LogP contribution in [0.1, 0.15) is 66.8 Å². The van der Waals surface area contributed by atoms with Crippen molar-refractivity contribution in [1.82, 2.24) is 0 Å². The van der Waals surface area contributed by atoms with Crippen molar-refractivity contribution in [3.63, 3.8) is 0 Å². The molecule has 6 aliphatic heterocycles. The fourth-order valence-corrected chi connectivity index (χ4v) is 15.6. The summed E-state index contributed by atoms with van der Waals surface area (Å²) < 4.78 is 14.4. The van der Waals surface area contributed by atoms with Crippen LogP contribution in [0.4, 0.5) is 34.1 Å². The van der Waals surface area contributed by atoms with Gasteiger partial charge in [0.15, 0.2) is 0 Å². The van der Waals surface area contributed by atoms with E-state index in [-0.39, 0.29) is 13.4 Å². The van der Waals surface area contributed by atoms with Gasteiger partial charge in [0.25, 0.3) is 13.4 Å². The first-order chi connectivity index (χ1) is 39.3. The lowest BCUT2D eigenvalue weighted by Crippen LogP contribution is -2.64. The summed E-state index contributed by atoms with van der Waals surface area (Å²) >= 11 is 0. The van der Waals surface area contributed by atoms with Crippen LogP contribution in [-0.2, 0) is 0 Å². The Hall–Kier alpha value is -9.77. The molecule has 11 aromatic rings. The molecule has 11 aromatic carbocycles. The van der Waals surface area contributed by atoms with Gasteiger partial charge in [0.05, 0.1) is 22.7 Å². The summed E-state index contributed by atoms with van der Waals surface area (Å²) in [6, 6.07) is 78.4. The summed E-state index contributed by atoms with van der Waals surface area (Å²) in [5.41, 5.74) is 39.4. The summed E-state index contributed by atoms with van der Waals surface area (Å²) in [4.78, 5) is 5.25. The zero-order valence-electron chi connectivity index (χ0n) is 44.5. The number of hydrogen-bond donors (Lipinski definition) is 0. The Balaban J connectivity index is 0.949. The standard InChI is InChI=1S/C74H46B2N2O2/c1-39-23-29-59-53(33-39)69(67-47-17-9-5-13-43(47)44-14-6-10-18-48(44)67)51-25-31-63-71-73(51)77(59)61-38-62-58(37-57(61)75(71)55-27-21-41(3)35-65(55)79-63)76-56-28-22-42(4)36-66(56)80-64-32-26-52-70(54-34-40(2)24-30-60(54)78(62)74(52)72(64)76)68-49-19-11-7-15-45(49)46-16-8-12-20-50(46)68/h5-38H,1-4H3. The average Bonchev–Trinajstić information content (AvgIpc) is 2.88. The van der Waals surface area contributed by atoms with Gasteiger partial charge in [-0.2, -0.15) is 0 Å². The molecule has 4 nitrogen and oxygen atoms in total. The van der Waals surface area contributed by atoms with Gasteiger partial charge in [-0.15, -0.1) is 0 Å². The van der Waals surface area contributed by atoms with E-state index in [4.69, 9.17) is 9.47 Å². The Morgan fingerprint density at radius 2 is 0.613 bits per heavy atom. The number of hydrogen-bond acceptors (Lipinski definition) is 4. The lowest BCUT2D eigenvalue weighted by atomic mass is 9.30. The minimum atomic E-state index is -0.123. The maximum atomic E-state index is 7.18. The van der Waals surface area contributed by atoms with Crippen LogP contribution in [0, 0.1) is 27.7 Å². The molecular formula is C74H46B2N2O2. The molecule has 0 fully saturated rings. The molecule has 0 spiro atoms. The molecule has 80 heavy (non-hydrogen) atoms. The van der Waals surface area contributed by atoms with Gasteiger partial charge in [0.2, 0.25) is 0 Å². The first-order valence-corrected chi connectivity index (χ1v) is 28.1. The third-order valence-corrected chi connectivity index (χ3v) is 18.8. The van der Waals surface area contributed by atoms with Crippen LogP contribution in [0.3, 0.4) is 0 Å². The smallest absolute Gasteiger partial charge is 0.256 e. The Labute approximate surface area is 465 Å².